The zero-order valence-electron chi connectivity index (χ0n) is 12.4. The van der Waals surface area contributed by atoms with Crippen molar-refractivity contribution in [2.45, 2.75) is 19.4 Å². The number of nitrogens with one attached hydrogen (secondary N) is 1. The van der Waals surface area contributed by atoms with Gasteiger partial charge < -0.3 is 20.1 Å². The summed E-state index contributed by atoms with van der Waals surface area (Å²) >= 11 is 0. The second kappa shape index (κ2) is 8.55. The van der Waals surface area contributed by atoms with E-state index >= 15 is 0 Å². The van der Waals surface area contributed by atoms with Crippen molar-refractivity contribution in [3.8, 4) is 5.75 Å². The molecule has 0 aliphatic rings. The molecule has 112 valence electrons. The molecule has 0 saturated carbocycles. The summed E-state index contributed by atoms with van der Waals surface area (Å²) in [6, 6.07) is 6.91. The van der Waals surface area contributed by atoms with Crippen LogP contribution < -0.4 is 10.1 Å². The lowest BCUT2D eigenvalue weighted by Gasteiger charge is -2.16. The average Bonchev–Trinajstić information content (AvgIpc) is 2.42. The molecule has 0 aliphatic carbocycles. The van der Waals surface area contributed by atoms with Gasteiger partial charge in [0.2, 0.25) is 0 Å². The van der Waals surface area contributed by atoms with Crippen molar-refractivity contribution in [1.82, 2.24) is 10.2 Å². The van der Waals surface area contributed by atoms with Crippen molar-refractivity contribution in [3.05, 3.63) is 29.8 Å². The van der Waals surface area contributed by atoms with Crippen LogP contribution in [0.1, 0.15) is 23.7 Å². The van der Waals surface area contributed by atoms with Gasteiger partial charge in [0.25, 0.3) is 0 Å². The molecule has 1 aromatic rings. The number of carboxylic acid groups (broad SMARTS) is 1. The normalized spacial score (nSPS) is 12.4. The highest BCUT2D eigenvalue weighted by molar-refractivity contribution is 5.87. The first kappa shape index (κ1) is 16.5. The van der Waals surface area contributed by atoms with E-state index in [4.69, 9.17) is 9.84 Å². The zero-order chi connectivity index (χ0) is 15.0. The van der Waals surface area contributed by atoms with Gasteiger partial charge >= 0.3 is 5.97 Å². The van der Waals surface area contributed by atoms with Crippen LogP contribution in [-0.4, -0.2) is 55.8 Å². The van der Waals surface area contributed by atoms with Gasteiger partial charge in [-0.05, 0) is 58.3 Å². The van der Waals surface area contributed by atoms with Crippen LogP contribution in [-0.2, 0) is 0 Å². The molecule has 20 heavy (non-hydrogen) atoms. The fourth-order valence-corrected chi connectivity index (χ4v) is 1.72. The SMILES string of the molecule is CC(CCN(C)C)NCCOc1ccc(C(=O)O)cc1. The maximum atomic E-state index is 10.7. The van der Waals surface area contributed by atoms with Gasteiger partial charge in [-0.3, -0.25) is 0 Å². The molecule has 0 amide bonds. The summed E-state index contributed by atoms with van der Waals surface area (Å²) in [6.07, 6.45) is 1.10. The van der Waals surface area contributed by atoms with Crippen LogP contribution >= 0.6 is 0 Å². The molecule has 5 nitrogen and oxygen atoms in total. The molecule has 1 atom stereocenters. The fourth-order valence-electron chi connectivity index (χ4n) is 1.72. The van der Waals surface area contributed by atoms with Gasteiger partial charge in [-0.15, -0.1) is 0 Å². The Kier molecular flexibility index (Phi) is 7.04. The molecule has 0 radical (unpaired) electrons. The Morgan fingerprint density at radius 1 is 1.35 bits per heavy atom. The van der Waals surface area contributed by atoms with Gasteiger partial charge in [-0.2, -0.15) is 0 Å². The Hall–Kier alpha value is -1.59. The van der Waals surface area contributed by atoms with Crippen molar-refractivity contribution in [2.75, 3.05) is 33.8 Å². The van der Waals surface area contributed by atoms with E-state index in [0.717, 1.165) is 19.5 Å². The molecule has 0 fully saturated rings. The molecule has 5 heteroatoms. The lowest BCUT2D eigenvalue weighted by atomic mass is 10.2. The number of hydrogen-bond donors (Lipinski definition) is 2. The van der Waals surface area contributed by atoms with Crippen LogP contribution in [0.25, 0.3) is 0 Å². The van der Waals surface area contributed by atoms with Crippen molar-refractivity contribution in [2.24, 2.45) is 0 Å². The monoisotopic (exact) mass is 280 g/mol. The van der Waals surface area contributed by atoms with Gasteiger partial charge in [0.1, 0.15) is 12.4 Å². The number of hydrogen-bond acceptors (Lipinski definition) is 4. The predicted molar refractivity (Wildman–Crippen MR) is 79.5 cm³/mol. The minimum atomic E-state index is -0.923. The number of carboxylic acids is 1. The molecule has 0 spiro atoms. The van der Waals surface area contributed by atoms with E-state index in [-0.39, 0.29) is 5.56 Å². The van der Waals surface area contributed by atoms with Gasteiger partial charge in [-0.1, -0.05) is 0 Å². The topological polar surface area (TPSA) is 61.8 Å². The number of nitrogens with zero attached hydrogens (tertiary/aromatic N) is 1. The van der Waals surface area contributed by atoms with Crippen molar-refractivity contribution in [3.63, 3.8) is 0 Å². The van der Waals surface area contributed by atoms with Gasteiger partial charge in [0.15, 0.2) is 0 Å². The highest BCUT2D eigenvalue weighted by Gasteiger charge is 2.03. The van der Waals surface area contributed by atoms with Gasteiger partial charge in [0.05, 0.1) is 5.56 Å². The molecule has 1 unspecified atom stereocenters. The van der Waals surface area contributed by atoms with Crippen molar-refractivity contribution < 1.29 is 14.6 Å². The summed E-state index contributed by atoms with van der Waals surface area (Å²) in [6.45, 7) is 4.56. The maximum absolute atomic E-state index is 10.7. The van der Waals surface area contributed by atoms with Crippen LogP contribution in [0.3, 0.4) is 0 Å². The Balaban J connectivity index is 2.19. The Morgan fingerprint density at radius 2 is 2.00 bits per heavy atom. The third kappa shape index (κ3) is 6.54. The lowest BCUT2D eigenvalue weighted by Crippen LogP contribution is -2.32. The number of carbonyl (C=O) groups is 1. The van der Waals surface area contributed by atoms with E-state index in [2.05, 4.69) is 31.2 Å². The first-order valence-corrected chi connectivity index (χ1v) is 6.83. The zero-order valence-corrected chi connectivity index (χ0v) is 12.4. The largest absolute Gasteiger partial charge is 0.492 e. The van der Waals surface area contributed by atoms with E-state index in [1.165, 1.54) is 0 Å². The highest BCUT2D eigenvalue weighted by atomic mass is 16.5. The molecule has 0 saturated heterocycles. The number of aromatic carboxylic acids is 1. The quantitative estimate of drug-likeness (QED) is 0.674. The van der Waals surface area contributed by atoms with E-state index in [1.807, 2.05) is 0 Å². The number of rotatable bonds is 9. The van der Waals surface area contributed by atoms with Gasteiger partial charge in [0, 0.05) is 12.6 Å². The summed E-state index contributed by atoms with van der Waals surface area (Å²) in [5.74, 6) is -0.231. The molecule has 1 rings (SSSR count). The highest BCUT2D eigenvalue weighted by Crippen LogP contribution is 2.11. The fraction of sp³-hybridized carbons (Fsp3) is 0.533. The molecular weight excluding hydrogens is 256 g/mol. The van der Waals surface area contributed by atoms with Crippen LogP contribution in [0, 0.1) is 0 Å². The van der Waals surface area contributed by atoms with Crippen molar-refractivity contribution in [1.29, 1.82) is 0 Å². The van der Waals surface area contributed by atoms with E-state index in [0.29, 0.717) is 18.4 Å². The average molecular weight is 280 g/mol. The van der Waals surface area contributed by atoms with E-state index in [9.17, 15) is 4.79 Å². The molecule has 1 aromatic carbocycles. The van der Waals surface area contributed by atoms with E-state index < -0.39 is 5.97 Å². The Morgan fingerprint density at radius 3 is 2.55 bits per heavy atom. The standard InChI is InChI=1S/C15H24N2O3/c1-12(8-10-17(2)3)16-9-11-20-14-6-4-13(5-7-14)15(18)19/h4-7,12,16H,8-11H2,1-3H3,(H,18,19). The minimum Gasteiger partial charge on any atom is -0.492 e. The van der Waals surface area contributed by atoms with E-state index in [1.54, 1.807) is 24.3 Å². The summed E-state index contributed by atoms with van der Waals surface area (Å²) in [5, 5.41) is 12.2. The Labute approximate surface area is 120 Å². The first-order chi connectivity index (χ1) is 9.49. The molecule has 0 aliphatic heterocycles. The molecule has 0 heterocycles. The summed E-state index contributed by atoms with van der Waals surface area (Å²) in [4.78, 5) is 12.9. The second-order valence-corrected chi connectivity index (χ2v) is 5.13. The van der Waals surface area contributed by atoms with Crippen LogP contribution in [0.5, 0.6) is 5.75 Å². The van der Waals surface area contributed by atoms with Crippen LogP contribution in [0.15, 0.2) is 24.3 Å². The van der Waals surface area contributed by atoms with Crippen LogP contribution in [0.2, 0.25) is 0 Å². The number of ether oxygens (including phenoxy) is 1. The van der Waals surface area contributed by atoms with Gasteiger partial charge in [-0.25, -0.2) is 4.79 Å². The molecular formula is C15H24N2O3. The summed E-state index contributed by atoms with van der Waals surface area (Å²) in [5.41, 5.74) is 0.271. The molecule has 0 bridgehead atoms. The first-order valence-electron chi connectivity index (χ1n) is 6.83. The molecule has 0 aromatic heterocycles. The molecule has 2 N–H and O–H groups in total. The third-order valence-corrected chi connectivity index (χ3v) is 2.97. The minimum absolute atomic E-state index is 0.271. The summed E-state index contributed by atoms with van der Waals surface area (Å²) in [7, 11) is 4.13. The maximum Gasteiger partial charge on any atom is 0.335 e. The summed E-state index contributed by atoms with van der Waals surface area (Å²) < 4.78 is 5.55. The lowest BCUT2D eigenvalue weighted by molar-refractivity contribution is 0.0697. The Bertz CT molecular complexity index is 404. The van der Waals surface area contributed by atoms with Crippen molar-refractivity contribution >= 4 is 5.97 Å². The van der Waals surface area contributed by atoms with Crippen LogP contribution in [0.4, 0.5) is 0 Å². The predicted octanol–water partition coefficient (Wildman–Crippen LogP) is 1.69. The third-order valence-electron chi connectivity index (χ3n) is 2.97. The smallest absolute Gasteiger partial charge is 0.335 e. The second-order valence-electron chi connectivity index (χ2n) is 5.13. The number of benzene rings is 1.